The van der Waals surface area contributed by atoms with Crippen LogP contribution in [0.4, 0.5) is 0 Å². The molecule has 12 heavy (non-hydrogen) atoms. The number of amides is 1. The van der Waals surface area contributed by atoms with E-state index in [0.717, 1.165) is 5.56 Å². The third kappa shape index (κ3) is 1.56. The van der Waals surface area contributed by atoms with Crippen LogP contribution in [-0.2, 0) is 6.42 Å². The van der Waals surface area contributed by atoms with Crippen molar-refractivity contribution in [3.05, 3.63) is 29.3 Å². The topological polar surface area (TPSA) is 63.3 Å². The summed E-state index contributed by atoms with van der Waals surface area (Å²) in [6, 6.07) is 4.60. The fourth-order valence-electron chi connectivity index (χ4n) is 1.02. The second-order valence-corrected chi connectivity index (χ2v) is 2.56. The van der Waals surface area contributed by atoms with Crippen molar-refractivity contribution in [2.24, 2.45) is 5.73 Å². The predicted molar refractivity (Wildman–Crippen MR) is 46.0 cm³/mol. The first-order valence-corrected chi connectivity index (χ1v) is 3.77. The molecule has 0 heterocycles. The highest BCUT2D eigenvalue weighted by Gasteiger charge is 2.03. The van der Waals surface area contributed by atoms with E-state index >= 15 is 0 Å². The summed E-state index contributed by atoms with van der Waals surface area (Å²) in [5.41, 5.74) is 6.24. The van der Waals surface area contributed by atoms with E-state index in [1.54, 1.807) is 6.07 Å². The summed E-state index contributed by atoms with van der Waals surface area (Å²) in [6.07, 6.45) is 0.687. The number of phenols is 1. The van der Waals surface area contributed by atoms with Crippen LogP contribution in [-0.4, -0.2) is 11.0 Å². The predicted octanol–water partition coefficient (Wildman–Crippen LogP) is 1.05. The summed E-state index contributed by atoms with van der Waals surface area (Å²) in [5, 5.41) is 9.26. The lowest BCUT2D eigenvalue weighted by atomic mass is 10.1. The number of aryl methyl sites for hydroxylation is 1. The van der Waals surface area contributed by atoms with Crippen LogP contribution in [0.3, 0.4) is 0 Å². The minimum absolute atomic E-state index is 0.211. The molecule has 0 aliphatic rings. The lowest BCUT2D eigenvalue weighted by molar-refractivity contribution is 0.1000. The van der Waals surface area contributed by atoms with E-state index in [0.29, 0.717) is 12.0 Å². The molecule has 3 heteroatoms. The Hall–Kier alpha value is -1.51. The summed E-state index contributed by atoms with van der Waals surface area (Å²) >= 11 is 0. The highest BCUT2D eigenvalue weighted by molar-refractivity contribution is 5.93. The Morgan fingerprint density at radius 1 is 1.58 bits per heavy atom. The number of hydrogen-bond acceptors (Lipinski definition) is 2. The van der Waals surface area contributed by atoms with Gasteiger partial charge in [-0.3, -0.25) is 4.79 Å². The lowest BCUT2D eigenvalue weighted by Gasteiger charge is -2.02. The van der Waals surface area contributed by atoms with Crippen LogP contribution in [0.5, 0.6) is 5.75 Å². The second-order valence-electron chi connectivity index (χ2n) is 2.56. The largest absolute Gasteiger partial charge is 0.508 e. The molecule has 1 aromatic carbocycles. The molecule has 1 aromatic rings. The van der Waals surface area contributed by atoms with Crippen molar-refractivity contribution in [3.8, 4) is 5.75 Å². The zero-order chi connectivity index (χ0) is 9.14. The summed E-state index contributed by atoms with van der Waals surface area (Å²) in [5.74, 6) is -0.257. The highest BCUT2D eigenvalue weighted by Crippen LogP contribution is 2.18. The van der Waals surface area contributed by atoms with Gasteiger partial charge < -0.3 is 10.8 Å². The normalized spacial score (nSPS) is 9.75. The Kier molecular flexibility index (Phi) is 2.33. The molecule has 0 aliphatic carbocycles. The Bertz CT molecular complexity index is 307. The molecule has 0 saturated carbocycles. The van der Waals surface area contributed by atoms with E-state index in [1.165, 1.54) is 12.1 Å². The molecule has 0 aliphatic heterocycles. The number of nitrogens with two attached hydrogens (primary N) is 1. The van der Waals surface area contributed by atoms with Gasteiger partial charge in [0.2, 0.25) is 5.91 Å². The van der Waals surface area contributed by atoms with Crippen LogP contribution in [0.2, 0.25) is 0 Å². The van der Waals surface area contributed by atoms with Crippen LogP contribution in [0, 0.1) is 0 Å². The maximum Gasteiger partial charge on any atom is 0.248 e. The van der Waals surface area contributed by atoms with Gasteiger partial charge in [0.05, 0.1) is 0 Å². The SMILES string of the molecule is CCc1cc(C(N)=O)ccc1O. The van der Waals surface area contributed by atoms with Gasteiger partial charge in [-0.2, -0.15) is 0 Å². The van der Waals surface area contributed by atoms with Gasteiger partial charge in [-0.25, -0.2) is 0 Å². The summed E-state index contributed by atoms with van der Waals surface area (Å²) in [7, 11) is 0. The Labute approximate surface area is 70.8 Å². The van der Waals surface area contributed by atoms with Crippen molar-refractivity contribution in [2.45, 2.75) is 13.3 Å². The number of carbonyl (C=O) groups is 1. The van der Waals surface area contributed by atoms with Crippen molar-refractivity contribution in [1.82, 2.24) is 0 Å². The van der Waals surface area contributed by atoms with Gasteiger partial charge >= 0.3 is 0 Å². The number of benzene rings is 1. The van der Waals surface area contributed by atoms with Crippen LogP contribution in [0.25, 0.3) is 0 Å². The van der Waals surface area contributed by atoms with Crippen LogP contribution >= 0.6 is 0 Å². The van der Waals surface area contributed by atoms with E-state index in [1.807, 2.05) is 6.92 Å². The molecule has 0 unspecified atom stereocenters. The first-order valence-electron chi connectivity index (χ1n) is 3.77. The van der Waals surface area contributed by atoms with E-state index in [9.17, 15) is 9.90 Å². The second kappa shape index (κ2) is 3.26. The van der Waals surface area contributed by atoms with Crippen molar-refractivity contribution >= 4 is 5.91 Å². The fraction of sp³-hybridized carbons (Fsp3) is 0.222. The van der Waals surface area contributed by atoms with Gasteiger partial charge in [-0.1, -0.05) is 6.92 Å². The van der Waals surface area contributed by atoms with Gasteiger partial charge in [0.15, 0.2) is 0 Å². The quantitative estimate of drug-likeness (QED) is 0.688. The molecule has 3 nitrogen and oxygen atoms in total. The van der Waals surface area contributed by atoms with Crippen LogP contribution in [0.1, 0.15) is 22.8 Å². The molecule has 0 saturated heterocycles. The maximum atomic E-state index is 10.7. The molecule has 0 spiro atoms. The highest BCUT2D eigenvalue weighted by atomic mass is 16.3. The van der Waals surface area contributed by atoms with E-state index in [2.05, 4.69) is 0 Å². The monoisotopic (exact) mass is 165 g/mol. The summed E-state index contributed by atoms with van der Waals surface area (Å²) in [4.78, 5) is 10.7. The molecule has 1 rings (SSSR count). The molecule has 64 valence electrons. The van der Waals surface area contributed by atoms with Crippen LogP contribution in [0.15, 0.2) is 18.2 Å². The lowest BCUT2D eigenvalue weighted by Crippen LogP contribution is -2.10. The first-order chi connectivity index (χ1) is 5.65. The first kappa shape index (κ1) is 8.59. The van der Waals surface area contributed by atoms with Gasteiger partial charge in [0, 0.05) is 5.56 Å². The van der Waals surface area contributed by atoms with Crippen LogP contribution < -0.4 is 5.73 Å². The van der Waals surface area contributed by atoms with Gasteiger partial charge in [-0.05, 0) is 30.2 Å². The third-order valence-electron chi connectivity index (χ3n) is 1.74. The van der Waals surface area contributed by atoms with Crippen molar-refractivity contribution in [1.29, 1.82) is 0 Å². The van der Waals surface area contributed by atoms with E-state index in [4.69, 9.17) is 5.73 Å². The van der Waals surface area contributed by atoms with Gasteiger partial charge in [0.25, 0.3) is 0 Å². The van der Waals surface area contributed by atoms with Gasteiger partial charge in [0.1, 0.15) is 5.75 Å². The standard InChI is InChI=1S/C9H11NO2/c1-2-6-5-7(9(10)12)3-4-8(6)11/h3-5,11H,2H2,1H3,(H2,10,12). The molecular formula is C9H11NO2. The number of rotatable bonds is 2. The smallest absolute Gasteiger partial charge is 0.248 e. The van der Waals surface area contributed by atoms with Gasteiger partial charge in [-0.15, -0.1) is 0 Å². The number of carbonyl (C=O) groups excluding carboxylic acids is 1. The maximum absolute atomic E-state index is 10.7. The molecule has 0 aromatic heterocycles. The third-order valence-corrected chi connectivity index (χ3v) is 1.74. The Balaban J connectivity index is 3.13. The number of phenolic OH excluding ortho intramolecular Hbond substituents is 1. The molecule has 3 N–H and O–H groups in total. The zero-order valence-electron chi connectivity index (χ0n) is 6.87. The van der Waals surface area contributed by atoms with Crippen molar-refractivity contribution in [2.75, 3.05) is 0 Å². The Morgan fingerprint density at radius 2 is 2.25 bits per heavy atom. The number of primary amides is 1. The molecule has 0 fully saturated rings. The fourth-order valence-corrected chi connectivity index (χ4v) is 1.02. The Morgan fingerprint density at radius 3 is 2.75 bits per heavy atom. The average molecular weight is 165 g/mol. The van der Waals surface area contributed by atoms with E-state index in [-0.39, 0.29) is 5.75 Å². The number of aromatic hydroxyl groups is 1. The molecule has 0 radical (unpaired) electrons. The summed E-state index contributed by atoms with van der Waals surface area (Å²) in [6.45, 7) is 1.90. The minimum Gasteiger partial charge on any atom is -0.508 e. The zero-order valence-corrected chi connectivity index (χ0v) is 6.87. The molecular weight excluding hydrogens is 154 g/mol. The molecule has 1 amide bonds. The minimum atomic E-state index is -0.468. The van der Waals surface area contributed by atoms with Crippen molar-refractivity contribution < 1.29 is 9.90 Å². The average Bonchev–Trinajstić information content (AvgIpc) is 2.05. The summed E-state index contributed by atoms with van der Waals surface area (Å²) < 4.78 is 0. The van der Waals surface area contributed by atoms with Crippen molar-refractivity contribution in [3.63, 3.8) is 0 Å². The number of hydrogen-bond donors (Lipinski definition) is 2. The van der Waals surface area contributed by atoms with E-state index < -0.39 is 5.91 Å². The molecule has 0 atom stereocenters. The molecule has 0 bridgehead atoms.